The van der Waals surface area contributed by atoms with E-state index in [-0.39, 0.29) is 12.2 Å². The number of rotatable bonds is 4. The molecule has 0 spiro atoms. The highest BCUT2D eigenvalue weighted by Crippen LogP contribution is 2.00. The molecular weight excluding hydrogens is 182 g/mol. The van der Waals surface area contributed by atoms with Gasteiger partial charge in [-0.25, -0.2) is 5.26 Å². The fourth-order valence-corrected chi connectivity index (χ4v) is 0.813. The second-order valence-electron chi connectivity index (χ2n) is 3.00. The van der Waals surface area contributed by atoms with Crippen LogP contribution in [0, 0.1) is 17.9 Å². The van der Waals surface area contributed by atoms with Crippen LogP contribution in [0.2, 0.25) is 0 Å². The zero-order valence-corrected chi connectivity index (χ0v) is 8.72. The van der Waals surface area contributed by atoms with Crippen LogP contribution >= 0.6 is 0 Å². The number of amidine groups is 1. The molecule has 0 bridgehead atoms. The van der Waals surface area contributed by atoms with Gasteiger partial charge in [0.15, 0.2) is 0 Å². The third-order valence-corrected chi connectivity index (χ3v) is 1.32. The Morgan fingerprint density at radius 1 is 1.43 bits per heavy atom. The molecule has 0 aromatic carbocycles. The Labute approximate surface area is 83.8 Å². The van der Waals surface area contributed by atoms with Gasteiger partial charge in [-0.05, 0) is 28.2 Å². The minimum Gasteiger partial charge on any atom is -0.348 e. The third-order valence-electron chi connectivity index (χ3n) is 1.32. The van der Waals surface area contributed by atoms with E-state index in [1.54, 1.807) is 15.9 Å². The summed E-state index contributed by atoms with van der Waals surface area (Å²) in [5.74, 6) is -0.307. The molecule has 0 aliphatic carbocycles. The maximum absolute atomic E-state index is 8.41. The van der Waals surface area contributed by atoms with E-state index in [0.717, 1.165) is 0 Å². The molecule has 0 atom stereocenters. The van der Waals surface area contributed by atoms with Crippen molar-refractivity contribution in [3.8, 4) is 6.07 Å². The second-order valence-corrected chi connectivity index (χ2v) is 3.00. The van der Waals surface area contributed by atoms with Crippen LogP contribution in [0.5, 0.6) is 0 Å². The maximum Gasteiger partial charge on any atom is 0.392 e. The summed E-state index contributed by atoms with van der Waals surface area (Å²) in [5, 5.41) is 11.8. The SMILES string of the molecule is [C-]#[N+]C(C#N)=NOC(N(C)C)N(C)C. The van der Waals surface area contributed by atoms with Crippen LogP contribution in [0.15, 0.2) is 5.16 Å². The normalized spacial score (nSPS) is 11.6. The highest BCUT2D eigenvalue weighted by molar-refractivity contribution is 6.03. The van der Waals surface area contributed by atoms with Crippen molar-refractivity contribution in [2.75, 3.05) is 28.2 Å². The van der Waals surface area contributed by atoms with Gasteiger partial charge in [-0.3, -0.25) is 14.6 Å². The summed E-state index contributed by atoms with van der Waals surface area (Å²) in [5.41, 5.74) is 0. The first-order valence-corrected chi connectivity index (χ1v) is 3.87. The van der Waals surface area contributed by atoms with Gasteiger partial charge in [-0.15, -0.1) is 0 Å². The summed E-state index contributed by atoms with van der Waals surface area (Å²) in [6.45, 7) is 6.58. The smallest absolute Gasteiger partial charge is 0.348 e. The number of nitriles is 1. The Kier molecular flexibility index (Phi) is 5.23. The minimum atomic E-state index is -0.389. The first-order chi connectivity index (χ1) is 6.52. The van der Waals surface area contributed by atoms with Gasteiger partial charge in [0, 0.05) is 0 Å². The van der Waals surface area contributed by atoms with Gasteiger partial charge in [-0.1, -0.05) is 6.57 Å². The summed E-state index contributed by atoms with van der Waals surface area (Å²) in [6, 6.07) is 1.62. The Morgan fingerprint density at radius 3 is 2.21 bits per heavy atom. The predicted octanol–water partition coefficient (Wildman–Crippen LogP) is 0.166. The van der Waals surface area contributed by atoms with Crippen LogP contribution < -0.4 is 0 Å². The Hall–Kier alpha value is -1.63. The van der Waals surface area contributed by atoms with Crippen molar-refractivity contribution in [2.24, 2.45) is 5.16 Å². The molecular formula is C8H13N5O. The molecule has 6 nitrogen and oxygen atoms in total. The highest BCUT2D eigenvalue weighted by Gasteiger charge is 2.17. The molecule has 0 aromatic heterocycles. The largest absolute Gasteiger partial charge is 0.392 e. The summed E-state index contributed by atoms with van der Waals surface area (Å²) >= 11 is 0. The lowest BCUT2D eigenvalue weighted by molar-refractivity contribution is -0.117. The molecule has 6 heteroatoms. The molecule has 0 aliphatic rings. The molecule has 0 N–H and O–H groups in total. The lowest BCUT2D eigenvalue weighted by atomic mass is 10.7. The number of hydrogen-bond donors (Lipinski definition) is 0. The highest BCUT2D eigenvalue weighted by atomic mass is 16.7. The summed E-state index contributed by atoms with van der Waals surface area (Å²) < 4.78 is 0. The van der Waals surface area contributed by atoms with Crippen molar-refractivity contribution in [1.29, 1.82) is 5.26 Å². The zero-order valence-electron chi connectivity index (χ0n) is 8.72. The predicted molar refractivity (Wildman–Crippen MR) is 51.9 cm³/mol. The van der Waals surface area contributed by atoms with Crippen LogP contribution in [0.1, 0.15) is 0 Å². The number of oxime groups is 1. The van der Waals surface area contributed by atoms with Crippen molar-refractivity contribution >= 4 is 5.84 Å². The lowest BCUT2D eigenvalue weighted by Crippen LogP contribution is -2.41. The molecule has 0 unspecified atom stereocenters. The van der Waals surface area contributed by atoms with Crippen LogP contribution in [0.3, 0.4) is 0 Å². The molecule has 76 valence electrons. The number of nitrogens with zero attached hydrogens (tertiary/aromatic N) is 5. The third kappa shape index (κ3) is 3.85. The topological polar surface area (TPSA) is 56.2 Å². The van der Waals surface area contributed by atoms with Crippen molar-refractivity contribution in [2.45, 2.75) is 6.35 Å². The van der Waals surface area contributed by atoms with E-state index >= 15 is 0 Å². The molecule has 14 heavy (non-hydrogen) atoms. The van der Waals surface area contributed by atoms with E-state index in [9.17, 15) is 0 Å². The summed E-state index contributed by atoms with van der Waals surface area (Å²) in [6.07, 6.45) is -0.389. The fraction of sp³-hybridized carbons (Fsp3) is 0.625. The van der Waals surface area contributed by atoms with E-state index in [2.05, 4.69) is 10.0 Å². The Morgan fingerprint density at radius 2 is 1.93 bits per heavy atom. The summed E-state index contributed by atoms with van der Waals surface area (Å²) in [4.78, 5) is 11.4. The van der Waals surface area contributed by atoms with Crippen molar-refractivity contribution in [3.05, 3.63) is 11.4 Å². The molecule has 0 aromatic rings. The molecule has 0 aliphatic heterocycles. The van der Waals surface area contributed by atoms with Crippen molar-refractivity contribution in [1.82, 2.24) is 9.80 Å². The first kappa shape index (κ1) is 12.4. The molecule has 0 fully saturated rings. The zero-order chi connectivity index (χ0) is 11.1. The molecule has 0 rings (SSSR count). The minimum absolute atomic E-state index is 0.307. The van der Waals surface area contributed by atoms with Gasteiger partial charge in [0.1, 0.15) is 6.07 Å². The molecule has 0 amide bonds. The monoisotopic (exact) mass is 195 g/mol. The molecule has 0 saturated heterocycles. The quantitative estimate of drug-likeness (QED) is 0.211. The standard InChI is InChI=1S/C8H13N5O/c1-10-7(6-9)11-14-8(12(2)3)13(4)5/h8H,2-5H3. The lowest BCUT2D eigenvalue weighted by Gasteiger charge is -2.24. The summed E-state index contributed by atoms with van der Waals surface area (Å²) in [7, 11) is 7.24. The van der Waals surface area contributed by atoms with Gasteiger partial charge < -0.3 is 4.85 Å². The van der Waals surface area contributed by atoms with Crippen molar-refractivity contribution < 1.29 is 4.84 Å². The van der Waals surface area contributed by atoms with E-state index in [1.807, 2.05) is 28.2 Å². The molecule has 0 saturated carbocycles. The van der Waals surface area contributed by atoms with Gasteiger partial charge in [0.2, 0.25) is 0 Å². The van der Waals surface area contributed by atoms with Crippen LogP contribution in [0.4, 0.5) is 0 Å². The average molecular weight is 195 g/mol. The van der Waals surface area contributed by atoms with Crippen LogP contribution in [-0.2, 0) is 4.84 Å². The molecule has 0 radical (unpaired) electrons. The van der Waals surface area contributed by atoms with Gasteiger partial charge in [-0.2, -0.15) is 0 Å². The molecule has 0 heterocycles. The van der Waals surface area contributed by atoms with Gasteiger partial charge in [0.25, 0.3) is 6.35 Å². The van der Waals surface area contributed by atoms with Gasteiger partial charge >= 0.3 is 5.84 Å². The fourth-order valence-electron chi connectivity index (χ4n) is 0.813. The van der Waals surface area contributed by atoms with E-state index in [4.69, 9.17) is 16.7 Å². The van der Waals surface area contributed by atoms with Crippen molar-refractivity contribution in [3.63, 3.8) is 0 Å². The van der Waals surface area contributed by atoms with Crippen LogP contribution in [-0.4, -0.2) is 50.2 Å². The van der Waals surface area contributed by atoms with E-state index in [1.165, 1.54) is 0 Å². The van der Waals surface area contributed by atoms with E-state index < -0.39 is 0 Å². The average Bonchev–Trinajstić information content (AvgIpc) is 2.11. The second kappa shape index (κ2) is 5.92. The van der Waals surface area contributed by atoms with Gasteiger partial charge in [0.05, 0.1) is 5.16 Å². The first-order valence-electron chi connectivity index (χ1n) is 3.87. The van der Waals surface area contributed by atoms with Crippen LogP contribution in [0.25, 0.3) is 4.85 Å². The van der Waals surface area contributed by atoms with E-state index in [0.29, 0.717) is 0 Å². The number of hydrogen-bond acceptors (Lipinski definition) is 5. The maximum atomic E-state index is 8.41. The Balaban J connectivity index is 4.43. The Bertz CT molecular complexity index is 259.